The van der Waals surface area contributed by atoms with Gasteiger partial charge in [-0.1, -0.05) is 6.42 Å². The number of hydrogen-bond acceptors (Lipinski definition) is 4. The molecule has 100 valence electrons. The van der Waals surface area contributed by atoms with Gasteiger partial charge in [-0.15, -0.1) is 10.2 Å². The van der Waals surface area contributed by atoms with E-state index in [1.54, 1.807) is 4.57 Å². The van der Waals surface area contributed by atoms with Crippen LogP contribution in [0.2, 0.25) is 0 Å². The maximum Gasteiger partial charge on any atom is 0.273 e. The van der Waals surface area contributed by atoms with Crippen LogP contribution in [-0.2, 0) is 16.6 Å². The Bertz CT molecular complexity index is 566. The van der Waals surface area contributed by atoms with E-state index in [9.17, 15) is 8.42 Å². The normalized spacial score (nSPS) is 31.1. The van der Waals surface area contributed by atoms with Gasteiger partial charge in [-0.25, -0.2) is 13.6 Å². The molecule has 18 heavy (non-hydrogen) atoms. The SMILES string of the molecule is CCn1c(C2CC3CCC2C3)nnc1S(N)(=O)=O. The minimum atomic E-state index is -3.78. The molecule has 0 aliphatic heterocycles. The summed E-state index contributed by atoms with van der Waals surface area (Å²) < 4.78 is 24.6. The first-order chi connectivity index (χ1) is 8.50. The summed E-state index contributed by atoms with van der Waals surface area (Å²) in [6.07, 6.45) is 4.92. The lowest BCUT2D eigenvalue weighted by Crippen LogP contribution is -2.21. The van der Waals surface area contributed by atoms with Crippen molar-refractivity contribution in [3.8, 4) is 0 Å². The maximum atomic E-state index is 11.5. The predicted octanol–water partition coefficient (Wildman–Crippen LogP) is 0.849. The minimum Gasteiger partial charge on any atom is -0.301 e. The van der Waals surface area contributed by atoms with E-state index in [1.807, 2.05) is 6.92 Å². The van der Waals surface area contributed by atoms with Crippen molar-refractivity contribution in [1.29, 1.82) is 0 Å². The summed E-state index contributed by atoms with van der Waals surface area (Å²) in [4.78, 5) is 0. The molecule has 3 rings (SSSR count). The van der Waals surface area contributed by atoms with E-state index in [-0.39, 0.29) is 5.16 Å². The van der Waals surface area contributed by atoms with Gasteiger partial charge in [0, 0.05) is 12.5 Å². The first-order valence-corrected chi connectivity index (χ1v) is 8.01. The molecule has 0 radical (unpaired) electrons. The fourth-order valence-electron chi connectivity index (χ4n) is 3.64. The van der Waals surface area contributed by atoms with E-state index in [0.717, 1.165) is 18.2 Å². The molecule has 7 heteroatoms. The summed E-state index contributed by atoms with van der Waals surface area (Å²) in [5.74, 6) is 2.62. The van der Waals surface area contributed by atoms with Gasteiger partial charge in [0.15, 0.2) is 0 Å². The number of primary sulfonamides is 1. The Hall–Kier alpha value is -0.950. The highest BCUT2D eigenvalue weighted by Crippen LogP contribution is 2.52. The van der Waals surface area contributed by atoms with Crippen molar-refractivity contribution in [2.45, 2.75) is 50.2 Å². The molecular formula is C11H18N4O2S. The van der Waals surface area contributed by atoms with Crippen molar-refractivity contribution in [2.24, 2.45) is 17.0 Å². The van der Waals surface area contributed by atoms with Gasteiger partial charge in [-0.3, -0.25) is 0 Å². The molecule has 0 aromatic carbocycles. The van der Waals surface area contributed by atoms with Crippen molar-refractivity contribution in [2.75, 3.05) is 0 Å². The van der Waals surface area contributed by atoms with Gasteiger partial charge in [0.1, 0.15) is 5.82 Å². The Morgan fingerprint density at radius 3 is 2.61 bits per heavy atom. The first kappa shape index (κ1) is 12.1. The topological polar surface area (TPSA) is 90.9 Å². The van der Waals surface area contributed by atoms with Gasteiger partial charge in [0.2, 0.25) is 0 Å². The summed E-state index contributed by atoms with van der Waals surface area (Å²) in [5.41, 5.74) is 0. The molecule has 2 saturated carbocycles. The second-order valence-electron chi connectivity index (χ2n) is 5.41. The Balaban J connectivity index is 2.01. The number of nitrogens with two attached hydrogens (primary N) is 1. The highest BCUT2D eigenvalue weighted by Gasteiger charge is 2.43. The summed E-state index contributed by atoms with van der Waals surface area (Å²) in [6.45, 7) is 2.44. The molecule has 0 amide bonds. The van der Waals surface area contributed by atoms with Crippen LogP contribution in [0, 0.1) is 11.8 Å². The molecule has 2 bridgehead atoms. The van der Waals surface area contributed by atoms with Crippen LogP contribution in [0.1, 0.15) is 44.3 Å². The van der Waals surface area contributed by atoms with Crippen molar-refractivity contribution >= 4 is 10.0 Å². The molecule has 0 spiro atoms. The minimum absolute atomic E-state index is 0.0947. The predicted molar refractivity (Wildman–Crippen MR) is 65.3 cm³/mol. The van der Waals surface area contributed by atoms with Crippen LogP contribution in [0.4, 0.5) is 0 Å². The van der Waals surface area contributed by atoms with E-state index < -0.39 is 10.0 Å². The summed E-state index contributed by atoms with van der Waals surface area (Å²) >= 11 is 0. The van der Waals surface area contributed by atoms with Gasteiger partial charge in [-0.2, -0.15) is 0 Å². The monoisotopic (exact) mass is 270 g/mol. The van der Waals surface area contributed by atoms with Crippen LogP contribution in [-0.4, -0.2) is 23.2 Å². The third kappa shape index (κ3) is 1.76. The van der Waals surface area contributed by atoms with Gasteiger partial charge in [0.05, 0.1) is 0 Å². The lowest BCUT2D eigenvalue weighted by atomic mass is 9.88. The van der Waals surface area contributed by atoms with E-state index in [1.165, 1.54) is 19.3 Å². The van der Waals surface area contributed by atoms with Gasteiger partial charge in [-0.05, 0) is 38.0 Å². The number of hydrogen-bond donors (Lipinski definition) is 1. The number of aromatic nitrogens is 3. The Morgan fingerprint density at radius 1 is 1.33 bits per heavy atom. The van der Waals surface area contributed by atoms with E-state index in [2.05, 4.69) is 10.2 Å². The molecule has 6 nitrogen and oxygen atoms in total. The van der Waals surface area contributed by atoms with Gasteiger partial charge in [0.25, 0.3) is 15.2 Å². The van der Waals surface area contributed by atoms with Crippen LogP contribution in [0.3, 0.4) is 0 Å². The fourth-order valence-corrected chi connectivity index (χ4v) is 4.33. The zero-order valence-electron chi connectivity index (χ0n) is 10.4. The Labute approximate surface area is 107 Å². The largest absolute Gasteiger partial charge is 0.301 e. The third-order valence-corrected chi connectivity index (χ3v) is 5.20. The average molecular weight is 270 g/mol. The molecule has 1 heterocycles. The smallest absolute Gasteiger partial charge is 0.273 e. The molecule has 3 unspecified atom stereocenters. The second kappa shape index (κ2) is 4.03. The Morgan fingerprint density at radius 2 is 2.11 bits per heavy atom. The van der Waals surface area contributed by atoms with Gasteiger partial charge < -0.3 is 4.57 Å². The fraction of sp³-hybridized carbons (Fsp3) is 0.818. The van der Waals surface area contributed by atoms with Crippen LogP contribution in [0.25, 0.3) is 0 Å². The third-order valence-electron chi connectivity index (χ3n) is 4.39. The number of rotatable bonds is 3. The van der Waals surface area contributed by atoms with E-state index in [0.29, 0.717) is 18.4 Å². The second-order valence-corrected chi connectivity index (χ2v) is 6.87. The van der Waals surface area contributed by atoms with Gasteiger partial charge >= 0.3 is 0 Å². The maximum absolute atomic E-state index is 11.5. The molecule has 2 N–H and O–H groups in total. The Kier molecular flexibility index (Phi) is 2.71. The summed E-state index contributed by atoms with van der Waals surface area (Å²) in [5, 5.41) is 13.0. The molecule has 1 aromatic rings. The quantitative estimate of drug-likeness (QED) is 0.881. The molecule has 3 atom stereocenters. The molecule has 2 fully saturated rings. The van der Waals surface area contributed by atoms with Crippen LogP contribution < -0.4 is 5.14 Å². The number of sulfonamides is 1. The lowest BCUT2D eigenvalue weighted by Gasteiger charge is -2.21. The van der Waals surface area contributed by atoms with Crippen LogP contribution >= 0.6 is 0 Å². The van der Waals surface area contributed by atoms with Crippen molar-refractivity contribution in [3.63, 3.8) is 0 Å². The number of fused-ring (bicyclic) bond motifs is 2. The molecule has 0 saturated heterocycles. The molecule has 1 aromatic heterocycles. The van der Waals surface area contributed by atoms with E-state index >= 15 is 0 Å². The zero-order chi connectivity index (χ0) is 12.9. The van der Waals surface area contributed by atoms with Crippen molar-refractivity contribution in [1.82, 2.24) is 14.8 Å². The summed E-state index contributed by atoms with van der Waals surface area (Å²) in [6, 6.07) is 0. The highest BCUT2D eigenvalue weighted by molar-refractivity contribution is 7.89. The van der Waals surface area contributed by atoms with Crippen LogP contribution in [0.15, 0.2) is 5.16 Å². The lowest BCUT2D eigenvalue weighted by molar-refractivity contribution is 0.390. The summed E-state index contributed by atoms with van der Waals surface area (Å²) in [7, 11) is -3.78. The zero-order valence-corrected chi connectivity index (χ0v) is 11.2. The average Bonchev–Trinajstić information content (AvgIpc) is 3.01. The molecule has 2 aliphatic rings. The van der Waals surface area contributed by atoms with Crippen molar-refractivity contribution < 1.29 is 8.42 Å². The van der Waals surface area contributed by atoms with Crippen molar-refractivity contribution in [3.05, 3.63) is 5.82 Å². The van der Waals surface area contributed by atoms with E-state index in [4.69, 9.17) is 5.14 Å². The molecule has 2 aliphatic carbocycles. The molecular weight excluding hydrogens is 252 g/mol. The highest BCUT2D eigenvalue weighted by atomic mass is 32.2. The standard InChI is InChI=1S/C11H18N4O2S/c1-2-15-10(13-14-11(15)18(12,16)17)9-6-7-3-4-8(9)5-7/h7-9H,2-6H2,1H3,(H2,12,16,17). The number of nitrogens with zero attached hydrogens (tertiary/aromatic N) is 3. The van der Waals surface area contributed by atoms with Crippen LogP contribution in [0.5, 0.6) is 0 Å². The first-order valence-electron chi connectivity index (χ1n) is 6.46.